The van der Waals surface area contributed by atoms with Gasteiger partial charge in [-0.3, -0.25) is 0 Å². The van der Waals surface area contributed by atoms with E-state index in [9.17, 15) is 0 Å². The zero-order chi connectivity index (χ0) is 13.6. The minimum absolute atomic E-state index is 0.436. The van der Waals surface area contributed by atoms with Crippen molar-refractivity contribution < 1.29 is 4.52 Å². The Morgan fingerprint density at radius 3 is 2.42 bits per heavy atom. The normalized spacial score (nSPS) is 21.9. The number of benzene rings is 1. The van der Waals surface area contributed by atoms with Crippen LogP contribution in [0.15, 0.2) is 28.8 Å². The summed E-state index contributed by atoms with van der Waals surface area (Å²) in [6.07, 6.45) is 1.18. The number of hydrogen-bond donors (Lipinski definition) is 1. The van der Waals surface area contributed by atoms with Gasteiger partial charge in [0.25, 0.3) is 0 Å². The molecule has 1 aromatic carbocycles. The Balaban J connectivity index is 1.99. The molecule has 0 spiro atoms. The molecule has 3 heteroatoms. The monoisotopic (exact) mass is 256 g/mol. The van der Waals surface area contributed by atoms with Crippen molar-refractivity contribution in [2.75, 3.05) is 5.73 Å². The van der Waals surface area contributed by atoms with E-state index >= 15 is 0 Å². The van der Waals surface area contributed by atoms with Crippen molar-refractivity contribution in [2.24, 2.45) is 5.92 Å². The zero-order valence-corrected chi connectivity index (χ0v) is 11.7. The van der Waals surface area contributed by atoms with E-state index in [1.165, 1.54) is 12.0 Å². The molecule has 100 valence electrons. The van der Waals surface area contributed by atoms with E-state index in [-0.39, 0.29) is 0 Å². The summed E-state index contributed by atoms with van der Waals surface area (Å²) in [5, 5.41) is 4.16. The van der Waals surface area contributed by atoms with Gasteiger partial charge in [-0.15, -0.1) is 0 Å². The number of nitrogens with two attached hydrogens (primary N) is 1. The third-order valence-electron chi connectivity index (χ3n) is 4.07. The maximum absolute atomic E-state index is 5.95. The smallest absolute Gasteiger partial charge is 0.230 e. The van der Waals surface area contributed by atoms with Crippen LogP contribution in [0.2, 0.25) is 0 Å². The summed E-state index contributed by atoms with van der Waals surface area (Å²) < 4.78 is 5.21. The number of nitrogens with zero attached hydrogens (tertiary/aromatic N) is 1. The minimum atomic E-state index is 0.436. The van der Waals surface area contributed by atoms with Gasteiger partial charge in [-0.1, -0.05) is 50.2 Å². The maximum Gasteiger partial charge on any atom is 0.230 e. The van der Waals surface area contributed by atoms with Crippen LogP contribution >= 0.6 is 0 Å². The zero-order valence-electron chi connectivity index (χ0n) is 11.7. The van der Waals surface area contributed by atoms with E-state index < -0.39 is 0 Å². The van der Waals surface area contributed by atoms with Gasteiger partial charge in [0.15, 0.2) is 0 Å². The second kappa shape index (κ2) is 4.41. The molecule has 3 nitrogen and oxygen atoms in total. The third-order valence-corrected chi connectivity index (χ3v) is 4.07. The third kappa shape index (κ3) is 2.14. The van der Waals surface area contributed by atoms with Crippen molar-refractivity contribution in [3.8, 4) is 11.1 Å². The van der Waals surface area contributed by atoms with Gasteiger partial charge in [-0.2, -0.15) is 0 Å². The molecule has 1 aromatic heterocycles. The van der Waals surface area contributed by atoms with Gasteiger partial charge >= 0.3 is 0 Å². The van der Waals surface area contributed by atoms with Gasteiger partial charge in [-0.25, -0.2) is 0 Å². The highest BCUT2D eigenvalue weighted by Gasteiger charge is 2.39. The molecular formula is C16H20N2O. The minimum Gasteiger partial charge on any atom is -0.367 e. The summed E-state index contributed by atoms with van der Waals surface area (Å²) in [4.78, 5) is 0. The molecule has 1 aliphatic carbocycles. The van der Waals surface area contributed by atoms with E-state index in [1.54, 1.807) is 0 Å². The Kier molecular flexibility index (Phi) is 2.85. The van der Waals surface area contributed by atoms with Gasteiger partial charge < -0.3 is 10.3 Å². The van der Waals surface area contributed by atoms with Crippen LogP contribution in [-0.2, 0) is 0 Å². The largest absolute Gasteiger partial charge is 0.367 e. The Morgan fingerprint density at radius 1 is 1.26 bits per heavy atom. The number of aromatic nitrogens is 1. The highest BCUT2D eigenvalue weighted by molar-refractivity contribution is 5.76. The molecule has 3 rings (SSSR count). The first-order chi connectivity index (χ1) is 9.08. The van der Waals surface area contributed by atoms with Gasteiger partial charge in [0.1, 0.15) is 0 Å². The molecule has 2 N–H and O–H groups in total. The fourth-order valence-corrected chi connectivity index (χ4v) is 2.60. The van der Waals surface area contributed by atoms with Gasteiger partial charge in [0.05, 0.1) is 11.3 Å². The summed E-state index contributed by atoms with van der Waals surface area (Å²) in [5.74, 6) is 2.18. The van der Waals surface area contributed by atoms with Crippen LogP contribution in [0.5, 0.6) is 0 Å². The van der Waals surface area contributed by atoms with E-state index in [1.807, 2.05) is 0 Å². The molecule has 2 aromatic rings. The van der Waals surface area contributed by atoms with E-state index in [0.717, 1.165) is 16.8 Å². The molecule has 2 atom stereocenters. The predicted molar refractivity (Wildman–Crippen MR) is 77.0 cm³/mol. The summed E-state index contributed by atoms with van der Waals surface area (Å²) >= 11 is 0. The van der Waals surface area contributed by atoms with Gasteiger partial charge in [0, 0.05) is 5.92 Å². The van der Waals surface area contributed by atoms with Crippen LogP contribution in [0, 0.1) is 5.92 Å². The molecule has 0 amide bonds. The lowest BCUT2D eigenvalue weighted by molar-refractivity contribution is 0.427. The van der Waals surface area contributed by atoms with E-state index in [0.29, 0.717) is 23.6 Å². The average molecular weight is 256 g/mol. The van der Waals surface area contributed by atoms with Crippen molar-refractivity contribution in [1.29, 1.82) is 0 Å². The first-order valence-corrected chi connectivity index (χ1v) is 6.93. The first-order valence-electron chi connectivity index (χ1n) is 6.93. The van der Waals surface area contributed by atoms with Gasteiger partial charge in [-0.05, 0) is 29.4 Å². The summed E-state index contributed by atoms with van der Waals surface area (Å²) in [6, 6.07) is 8.56. The van der Waals surface area contributed by atoms with Crippen molar-refractivity contribution in [3.63, 3.8) is 0 Å². The van der Waals surface area contributed by atoms with Crippen LogP contribution in [-0.4, -0.2) is 5.16 Å². The molecule has 2 unspecified atom stereocenters. The Bertz CT molecular complexity index is 583. The molecule has 1 aliphatic rings. The molecular weight excluding hydrogens is 236 g/mol. The Labute approximate surface area is 113 Å². The van der Waals surface area contributed by atoms with Crippen LogP contribution in [0.4, 0.5) is 5.88 Å². The number of hydrogen-bond acceptors (Lipinski definition) is 3. The highest BCUT2D eigenvalue weighted by atomic mass is 16.5. The van der Waals surface area contributed by atoms with Crippen LogP contribution in [0.3, 0.4) is 0 Å². The Hall–Kier alpha value is -1.77. The lowest BCUT2D eigenvalue weighted by Gasteiger charge is -2.07. The molecule has 0 aliphatic heterocycles. The average Bonchev–Trinajstić information content (AvgIpc) is 2.98. The molecule has 1 saturated carbocycles. The molecule has 1 heterocycles. The second-order valence-electron chi connectivity index (χ2n) is 5.90. The second-order valence-corrected chi connectivity index (χ2v) is 5.90. The summed E-state index contributed by atoms with van der Waals surface area (Å²) in [6.45, 7) is 6.63. The summed E-state index contributed by atoms with van der Waals surface area (Å²) in [7, 11) is 0. The van der Waals surface area contributed by atoms with Gasteiger partial charge in [0.2, 0.25) is 5.88 Å². The van der Waals surface area contributed by atoms with E-state index in [4.69, 9.17) is 10.3 Å². The van der Waals surface area contributed by atoms with Crippen molar-refractivity contribution >= 4 is 5.88 Å². The van der Waals surface area contributed by atoms with Crippen molar-refractivity contribution in [1.82, 2.24) is 5.16 Å². The number of anilines is 1. The lowest BCUT2D eigenvalue weighted by atomic mass is 9.97. The lowest BCUT2D eigenvalue weighted by Crippen LogP contribution is -1.92. The first kappa shape index (κ1) is 12.3. The quantitative estimate of drug-likeness (QED) is 0.896. The van der Waals surface area contributed by atoms with E-state index in [2.05, 4.69) is 50.2 Å². The highest BCUT2D eigenvalue weighted by Crippen LogP contribution is 2.50. The Morgan fingerprint density at radius 2 is 1.89 bits per heavy atom. The molecule has 0 saturated heterocycles. The SMILES string of the molecule is CC(C)c1ccc(-c2c(C3CC3C)noc2N)cc1. The molecule has 0 bridgehead atoms. The predicted octanol–water partition coefficient (Wildman–Crippen LogP) is 4.17. The number of nitrogen functional groups attached to an aromatic ring is 1. The standard InChI is InChI=1S/C16H20N2O/c1-9(2)11-4-6-12(7-5-11)14-15(13-8-10(13)3)18-19-16(14)17/h4-7,9-10,13H,8,17H2,1-3H3. The fraction of sp³-hybridized carbons (Fsp3) is 0.438. The summed E-state index contributed by atoms with van der Waals surface area (Å²) in [5.41, 5.74) is 10.4. The van der Waals surface area contributed by atoms with Crippen LogP contribution < -0.4 is 5.73 Å². The fourth-order valence-electron chi connectivity index (χ4n) is 2.60. The molecule has 1 fully saturated rings. The van der Waals surface area contributed by atoms with Crippen molar-refractivity contribution in [3.05, 3.63) is 35.5 Å². The maximum atomic E-state index is 5.95. The molecule has 0 radical (unpaired) electrons. The number of rotatable bonds is 3. The molecule has 19 heavy (non-hydrogen) atoms. The topological polar surface area (TPSA) is 52.0 Å². The van der Waals surface area contributed by atoms with Crippen molar-refractivity contribution in [2.45, 2.75) is 39.0 Å². The van der Waals surface area contributed by atoms with Crippen LogP contribution in [0.25, 0.3) is 11.1 Å². The van der Waals surface area contributed by atoms with Crippen LogP contribution in [0.1, 0.15) is 50.3 Å².